The van der Waals surface area contributed by atoms with Crippen molar-refractivity contribution in [3.63, 3.8) is 0 Å². The first-order valence-corrected chi connectivity index (χ1v) is 15.9. The first-order chi connectivity index (χ1) is 21.6. The summed E-state index contributed by atoms with van der Waals surface area (Å²) in [6.45, 7) is 15.3. The molecular formula is C37H46N4O4. The summed E-state index contributed by atoms with van der Waals surface area (Å²) in [6, 6.07) is 16.8. The van der Waals surface area contributed by atoms with E-state index in [-0.39, 0.29) is 29.2 Å². The maximum atomic E-state index is 14.0. The van der Waals surface area contributed by atoms with Crippen LogP contribution in [0.5, 0.6) is 11.5 Å². The molecule has 2 amide bonds. The monoisotopic (exact) mass is 610 g/mol. The van der Waals surface area contributed by atoms with Crippen LogP contribution in [0.3, 0.4) is 0 Å². The number of ether oxygens (including phenoxy) is 2. The van der Waals surface area contributed by atoms with Gasteiger partial charge >= 0.3 is 6.03 Å². The molecular weight excluding hydrogens is 564 g/mol. The standard InChI is InChI=1S/C37H46N4O4/c1-8-9-19-41-20-17-31(32-21-28(15-16-33(32)45-26(6)7)44-23-27-12-11-18-38-22-27)35(36(41)42)40-37(43)39-34-29(24(2)3)13-10-14-30(34)25(4)5/h10-18,20-22,24-26H,8-9,19,23H2,1-7H3,(H2,39,40,43). The molecule has 0 aliphatic rings. The average molecular weight is 611 g/mol. The van der Waals surface area contributed by atoms with E-state index in [1.807, 2.05) is 68.4 Å². The van der Waals surface area contributed by atoms with Gasteiger partial charge < -0.3 is 24.7 Å². The maximum Gasteiger partial charge on any atom is 0.323 e. The molecule has 0 atom stereocenters. The molecule has 0 unspecified atom stereocenters. The molecule has 0 spiro atoms. The normalized spacial score (nSPS) is 11.2. The van der Waals surface area contributed by atoms with Crippen LogP contribution in [0.15, 0.2) is 78.0 Å². The summed E-state index contributed by atoms with van der Waals surface area (Å²) in [6.07, 6.45) is 6.92. The van der Waals surface area contributed by atoms with Gasteiger partial charge in [0.05, 0.1) is 6.10 Å². The molecule has 0 radical (unpaired) electrons. The van der Waals surface area contributed by atoms with Crippen LogP contribution in [0.4, 0.5) is 16.2 Å². The van der Waals surface area contributed by atoms with E-state index in [9.17, 15) is 9.59 Å². The van der Waals surface area contributed by atoms with Crippen molar-refractivity contribution in [2.75, 3.05) is 10.6 Å². The van der Waals surface area contributed by atoms with E-state index in [0.29, 0.717) is 35.8 Å². The maximum absolute atomic E-state index is 14.0. The Labute approximate surface area is 266 Å². The third-order valence-corrected chi connectivity index (χ3v) is 7.50. The molecule has 4 aromatic rings. The van der Waals surface area contributed by atoms with Crippen molar-refractivity contribution in [3.8, 4) is 22.6 Å². The molecule has 8 nitrogen and oxygen atoms in total. The van der Waals surface area contributed by atoms with Gasteiger partial charge in [-0.15, -0.1) is 0 Å². The topological polar surface area (TPSA) is 94.5 Å². The predicted molar refractivity (Wildman–Crippen MR) is 183 cm³/mol. The Hall–Kier alpha value is -4.59. The second-order valence-corrected chi connectivity index (χ2v) is 12.1. The van der Waals surface area contributed by atoms with Crippen molar-refractivity contribution in [2.45, 2.75) is 92.4 Å². The van der Waals surface area contributed by atoms with Gasteiger partial charge in [-0.05, 0) is 73.6 Å². The number of nitrogens with one attached hydrogen (secondary N) is 2. The van der Waals surface area contributed by atoms with Crippen molar-refractivity contribution in [1.29, 1.82) is 0 Å². The molecule has 8 heteroatoms. The minimum Gasteiger partial charge on any atom is -0.490 e. The molecule has 0 aliphatic heterocycles. The molecule has 2 heterocycles. The number of carbonyl (C=O) groups excluding carboxylic acids is 1. The van der Waals surface area contributed by atoms with E-state index in [1.165, 1.54) is 0 Å². The van der Waals surface area contributed by atoms with Gasteiger partial charge in [-0.25, -0.2) is 4.79 Å². The van der Waals surface area contributed by atoms with E-state index in [1.54, 1.807) is 23.2 Å². The number of aromatic nitrogens is 2. The first kappa shape index (κ1) is 33.3. The van der Waals surface area contributed by atoms with Gasteiger partial charge in [-0.2, -0.15) is 0 Å². The summed E-state index contributed by atoms with van der Waals surface area (Å²) < 4.78 is 14.0. The molecule has 0 aliphatic carbocycles. The number of aryl methyl sites for hydroxylation is 1. The van der Waals surface area contributed by atoms with Crippen LogP contribution in [0.25, 0.3) is 11.1 Å². The smallest absolute Gasteiger partial charge is 0.323 e. The lowest BCUT2D eigenvalue weighted by Gasteiger charge is -2.22. The Morgan fingerprint density at radius 2 is 1.60 bits per heavy atom. The number of nitrogens with zero attached hydrogens (tertiary/aromatic N) is 2. The third-order valence-electron chi connectivity index (χ3n) is 7.50. The van der Waals surface area contributed by atoms with Gasteiger partial charge in [-0.3, -0.25) is 9.78 Å². The number of anilines is 2. The number of unbranched alkanes of at least 4 members (excludes halogenated alkanes) is 1. The minimum atomic E-state index is -0.480. The highest BCUT2D eigenvalue weighted by molar-refractivity contribution is 6.03. The highest BCUT2D eigenvalue weighted by Gasteiger charge is 2.21. The fourth-order valence-electron chi connectivity index (χ4n) is 5.19. The van der Waals surface area contributed by atoms with Gasteiger partial charge in [0.2, 0.25) is 0 Å². The second kappa shape index (κ2) is 15.4. The molecule has 238 valence electrons. The molecule has 45 heavy (non-hydrogen) atoms. The van der Waals surface area contributed by atoms with Gasteiger partial charge in [0.15, 0.2) is 0 Å². The molecule has 0 saturated heterocycles. The summed E-state index contributed by atoms with van der Waals surface area (Å²) in [5.74, 6) is 1.58. The predicted octanol–water partition coefficient (Wildman–Crippen LogP) is 8.97. The van der Waals surface area contributed by atoms with Crippen LogP contribution in [0, 0.1) is 0 Å². The molecule has 0 saturated carbocycles. The number of pyridine rings is 2. The highest BCUT2D eigenvalue weighted by atomic mass is 16.5. The van der Waals surface area contributed by atoms with E-state index >= 15 is 0 Å². The Balaban J connectivity index is 1.78. The average Bonchev–Trinajstić information content (AvgIpc) is 3.01. The van der Waals surface area contributed by atoms with Crippen molar-refractivity contribution < 1.29 is 14.3 Å². The van der Waals surface area contributed by atoms with Gasteiger partial charge in [0.25, 0.3) is 5.56 Å². The summed E-state index contributed by atoms with van der Waals surface area (Å²) >= 11 is 0. The minimum absolute atomic E-state index is 0.113. The third kappa shape index (κ3) is 8.53. The van der Waals surface area contributed by atoms with Crippen molar-refractivity contribution >= 4 is 17.4 Å². The molecule has 2 aromatic carbocycles. The molecule has 0 bridgehead atoms. The zero-order chi connectivity index (χ0) is 32.5. The number of para-hydroxylation sites is 1. The highest BCUT2D eigenvalue weighted by Crippen LogP contribution is 2.38. The first-order valence-electron chi connectivity index (χ1n) is 15.9. The number of amides is 2. The quantitative estimate of drug-likeness (QED) is 0.158. The fraction of sp³-hybridized carbons (Fsp3) is 0.378. The van der Waals surface area contributed by atoms with Crippen LogP contribution in [0.2, 0.25) is 0 Å². The number of urea groups is 1. The Kier molecular flexibility index (Phi) is 11.4. The number of benzene rings is 2. The van der Waals surface area contributed by atoms with Crippen molar-refractivity contribution in [1.82, 2.24) is 9.55 Å². The van der Waals surface area contributed by atoms with Gasteiger partial charge in [-0.1, -0.05) is 65.3 Å². The SMILES string of the molecule is CCCCn1ccc(-c2cc(OCc3cccnc3)ccc2OC(C)C)c(NC(=O)Nc2c(C(C)C)cccc2C(C)C)c1=O. The van der Waals surface area contributed by atoms with E-state index in [0.717, 1.165) is 35.2 Å². The molecule has 4 rings (SSSR count). The Morgan fingerprint density at radius 1 is 0.889 bits per heavy atom. The number of rotatable bonds is 13. The summed E-state index contributed by atoms with van der Waals surface area (Å²) in [7, 11) is 0. The van der Waals surface area contributed by atoms with Crippen molar-refractivity contribution in [2.24, 2.45) is 0 Å². The number of hydrogen-bond donors (Lipinski definition) is 2. The molecule has 2 N–H and O–H groups in total. The van der Waals surface area contributed by atoms with Crippen LogP contribution >= 0.6 is 0 Å². The lowest BCUT2D eigenvalue weighted by atomic mass is 9.93. The second-order valence-electron chi connectivity index (χ2n) is 12.1. The van der Waals surface area contributed by atoms with Crippen LogP contribution in [0.1, 0.15) is 89.8 Å². The summed E-state index contributed by atoms with van der Waals surface area (Å²) in [4.78, 5) is 31.9. The molecule has 2 aromatic heterocycles. The lowest BCUT2D eigenvalue weighted by Crippen LogP contribution is -2.29. The fourth-order valence-corrected chi connectivity index (χ4v) is 5.19. The van der Waals surface area contributed by atoms with E-state index in [4.69, 9.17) is 9.47 Å². The lowest BCUT2D eigenvalue weighted by molar-refractivity contribution is 0.242. The van der Waals surface area contributed by atoms with E-state index in [2.05, 4.69) is 50.2 Å². The van der Waals surface area contributed by atoms with Crippen LogP contribution in [-0.2, 0) is 13.2 Å². The summed E-state index contributed by atoms with van der Waals surface area (Å²) in [5, 5.41) is 6.04. The zero-order valence-electron chi connectivity index (χ0n) is 27.5. The molecule has 0 fully saturated rings. The van der Waals surface area contributed by atoms with Crippen LogP contribution in [-0.4, -0.2) is 21.7 Å². The number of hydrogen-bond acceptors (Lipinski definition) is 5. The van der Waals surface area contributed by atoms with E-state index < -0.39 is 6.03 Å². The summed E-state index contributed by atoms with van der Waals surface area (Å²) in [5.41, 5.74) is 4.87. The Morgan fingerprint density at radius 3 is 2.22 bits per heavy atom. The number of carbonyl (C=O) groups is 1. The van der Waals surface area contributed by atoms with Crippen LogP contribution < -0.4 is 25.7 Å². The van der Waals surface area contributed by atoms with Gasteiger partial charge in [0.1, 0.15) is 23.8 Å². The van der Waals surface area contributed by atoms with Crippen molar-refractivity contribution in [3.05, 3.63) is 100 Å². The Bertz CT molecular complexity index is 1620. The zero-order valence-corrected chi connectivity index (χ0v) is 27.5. The van der Waals surface area contributed by atoms with Gasteiger partial charge in [0, 0.05) is 47.5 Å². The largest absolute Gasteiger partial charge is 0.490 e.